The summed E-state index contributed by atoms with van der Waals surface area (Å²) in [6.45, 7) is 2.88. The van der Waals surface area contributed by atoms with Crippen LogP contribution < -0.4 is 4.74 Å². The van der Waals surface area contributed by atoms with Crippen LogP contribution in [0.1, 0.15) is 29.3 Å². The lowest BCUT2D eigenvalue weighted by Gasteiger charge is -2.43. The van der Waals surface area contributed by atoms with Crippen molar-refractivity contribution in [3.05, 3.63) is 52.7 Å². The number of alkyl halides is 2. The Kier molecular flexibility index (Phi) is 6.29. The summed E-state index contributed by atoms with van der Waals surface area (Å²) in [5.74, 6) is -3.58. The number of ether oxygens (including phenoxy) is 1. The zero-order chi connectivity index (χ0) is 23.8. The summed E-state index contributed by atoms with van der Waals surface area (Å²) >= 11 is 6.15. The van der Waals surface area contributed by atoms with Gasteiger partial charge in [-0.15, -0.1) is 10.2 Å². The van der Waals surface area contributed by atoms with Crippen molar-refractivity contribution in [3.63, 3.8) is 0 Å². The lowest BCUT2D eigenvalue weighted by Crippen LogP contribution is -2.57. The molecule has 0 radical (unpaired) electrons. The van der Waals surface area contributed by atoms with Crippen molar-refractivity contribution in [2.24, 2.45) is 13.0 Å². The zero-order valence-corrected chi connectivity index (χ0v) is 19.1. The van der Waals surface area contributed by atoms with Gasteiger partial charge in [0.1, 0.15) is 6.61 Å². The lowest BCUT2D eigenvalue weighted by atomic mass is 9.88. The van der Waals surface area contributed by atoms with Gasteiger partial charge in [0.15, 0.2) is 0 Å². The molecule has 0 N–H and O–H groups in total. The van der Waals surface area contributed by atoms with E-state index < -0.39 is 30.3 Å². The van der Waals surface area contributed by atoms with Crippen molar-refractivity contribution >= 4 is 17.5 Å². The van der Waals surface area contributed by atoms with E-state index in [2.05, 4.69) is 20.4 Å². The van der Waals surface area contributed by atoms with Crippen LogP contribution in [0.4, 0.5) is 8.78 Å². The molecular formula is C22H23ClF2N6O2. The number of rotatable bonds is 5. The van der Waals surface area contributed by atoms with E-state index in [4.69, 9.17) is 16.3 Å². The highest BCUT2D eigenvalue weighted by Crippen LogP contribution is 2.36. The summed E-state index contributed by atoms with van der Waals surface area (Å²) in [5.41, 5.74) is 1.45. The van der Waals surface area contributed by atoms with E-state index in [1.54, 1.807) is 38.4 Å². The second-order valence-corrected chi connectivity index (χ2v) is 8.75. The van der Waals surface area contributed by atoms with E-state index >= 15 is 0 Å². The molecule has 3 heterocycles. The van der Waals surface area contributed by atoms with Gasteiger partial charge in [-0.25, -0.2) is 13.8 Å². The average molecular weight is 477 g/mol. The number of likely N-dealkylation sites (tertiary alicyclic amines) is 1. The van der Waals surface area contributed by atoms with Gasteiger partial charge in [-0.1, -0.05) is 24.6 Å². The fourth-order valence-electron chi connectivity index (χ4n) is 3.97. The molecule has 8 nitrogen and oxygen atoms in total. The fraction of sp³-hybridized carbons (Fsp3) is 0.409. The van der Waals surface area contributed by atoms with Gasteiger partial charge in [-0.3, -0.25) is 4.79 Å². The van der Waals surface area contributed by atoms with Crippen LogP contribution in [0.15, 0.2) is 36.5 Å². The quantitative estimate of drug-likeness (QED) is 0.556. The number of hydrogen-bond acceptors (Lipinski definition) is 6. The average Bonchev–Trinajstić information content (AvgIpc) is 3.19. The van der Waals surface area contributed by atoms with Crippen molar-refractivity contribution < 1.29 is 18.3 Å². The Morgan fingerprint density at radius 2 is 2.09 bits per heavy atom. The molecular weight excluding hydrogens is 454 g/mol. The predicted molar refractivity (Wildman–Crippen MR) is 117 cm³/mol. The van der Waals surface area contributed by atoms with E-state index in [1.807, 2.05) is 13.0 Å². The molecule has 174 valence electrons. The van der Waals surface area contributed by atoms with E-state index in [-0.39, 0.29) is 24.4 Å². The van der Waals surface area contributed by atoms with Crippen molar-refractivity contribution in [1.29, 1.82) is 0 Å². The molecule has 0 bridgehead atoms. The Bertz CT molecular complexity index is 1150. The van der Waals surface area contributed by atoms with Crippen molar-refractivity contribution in [1.82, 2.24) is 30.1 Å². The summed E-state index contributed by atoms with van der Waals surface area (Å²) in [6.07, 6.45) is 1.31. The molecule has 3 aromatic rings. The number of amides is 1. The first kappa shape index (κ1) is 23.0. The molecule has 0 aliphatic carbocycles. The molecule has 0 saturated carbocycles. The number of nitrogens with zero attached hydrogens (tertiary/aromatic N) is 6. The van der Waals surface area contributed by atoms with Crippen molar-refractivity contribution in [2.75, 3.05) is 13.2 Å². The van der Waals surface area contributed by atoms with Crippen LogP contribution in [-0.2, 0) is 7.05 Å². The molecule has 2 atom stereocenters. The number of pyridine rings is 1. The third kappa shape index (κ3) is 5.11. The molecule has 33 heavy (non-hydrogen) atoms. The van der Waals surface area contributed by atoms with Gasteiger partial charge in [0, 0.05) is 29.3 Å². The van der Waals surface area contributed by atoms with Crippen LogP contribution >= 0.6 is 11.6 Å². The summed E-state index contributed by atoms with van der Waals surface area (Å²) in [5, 5.41) is 12.2. The summed E-state index contributed by atoms with van der Waals surface area (Å²) in [7, 11) is 1.59. The van der Waals surface area contributed by atoms with Gasteiger partial charge in [-0.05, 0) is 41.8 Å². The molecule has 1 fully saturated rings. The number of tetrazole rings is 1. The summed E-state index contributed by atoms with van der Waals surface area (Å²) in [4.78, 5) is 20.2. The monoisotopic (exact) mass is 476 g/mol. The fourth-order valence-corrected chi connectivity index (χ4v) is 4.14. The highest BCUT2D eigenvalue weighted by atomic mass is 35.5. The van der Waals surface area contributed by atoms with Crippen LogP contribution in [0.25, 0.3) is 11.4 Å². The van der Waals surface area contributed by atoms with E-state index in [1.165, 1.54) is 10.9 Å². The molecule has 2 aromatic heterocycles. The second kappa shape index (κ2) is 9.01. The molecule has 1 aromatic carbocycles. The smallest absolute Gasteiger partial charge is 0.265 e. The Balaban J connectivity index is 1.67. The van der Waals surface area contributed by atoms with Crippen LogP contribution in [0.2, 0.25) is 5.02 Å². The van der Waals surface area contributed by atoms with Crippen molar-refractivity contribution in [2.45, 2.75) is 32.2 Å². The van der Waals surface area contributed by atoms with Gasteiger partial charge in [0.05, 0.1) is 25.2 Å². The normalized spacial score (nSPS) is 20.0. The highest BCUT2D eigenvalue weighted by molar-refractivity contribution is 6.31. The minimum atomic E-state index is -3.03. The van der Waals surface area contributed by atoms with Gasteiger partial charge >= 0.3 is 0 Å². The molecule has 11 heteroatoms. The number of aromatic nitrogens is 5. The number of hydrogen-bond donors (Lipinski definition) is 0. The number of aryl methyl sites for hydroxylation is 2. The van der Waals surface area contributed by atoms with Crippen LogP contribution in [0, 0.1) is 12.8 Å². The largest absolute Gasteiger partial charge is 0.475 e. The Labute approximate surface area is 194 Å². The third-order valence-corrected chi connectivity index (χ3v) is 5.82. The first-order valence-corrected chi connectivity index (χ1v) is 10.8. The third-order valence-electron chi connectivity index (χ3n) is 5.59. The first-order chi connectivity index (χ1) is 15.6. The Morgan fingerprint density at radius 3 is 2.76 bits per heavy atom. The first-order valence-electron chi connectivity index (χ1n) is 10.4. The number of halogens is 3. The molecule has 0 spiro atoms. The molecule has 1 aliphatic rings. The Morgan fingerprint density at radius 1 is 1.30 bits per heavy atom. The van der Waals surface area contributed by atoms with Gasteiger partial charge in [0.25, 0.3) is 11.8 Å². The minimum Gasteiger partial charge on any atom is -0.475 e. The minimum absolute atomic E-state index is 0.0261. The maximum absolute atomic E-state index is 14.6. The topological polar surface area (TPSA) is 86.0 Å². The maximum Gasteiger partial charge on any atom is 0.265 e. The summed E-state index contributed by atoms with van der Waals surface area (Å²) in [6, 6.07) is 7.56. The standard InChI is InChI=1S/C22H23ClF2N6O2/c1-13-4-7-19(26-10-13)33-11-18-14(2)9-22(24,25)12-31(18)21(32)17-8-15(23)5-6-16(17)20-27-29-30(3)28-20/h4-8,10,14,18H,9,11-12H2,1-3H3/t14-,18?/m1/s1. The van der Waals surface area contributed by atoms with Crippen LogP contribution in [0.5, 0.6) is 5.88 Å². The molecule has 4 rings (SSSR count). The predicted octanol–water partition coefficient (Wildman–Crippen LogP) is 3.80. The van der Waals surface area contributed by atoms with Gasteiger partial charge < -0.3 is 9.64 Å². The number of piperidine rings is 1. The van der Waals surface area contributed by atoms with E-state index in [9.17, 15) is 13.6 Å². The van der Waals surface area contributed by atoms with Crippen molar-refractivity contribution in [3.8, 4) is 17.3 Å². The lowest BCUT2D eigenvalue weighted by molar-refractivity contribution is -0.0978. The SMILES string of the molecule is Cc1ccc(OCC2[C@H](C)CC(F)(F)CN2C(=O)c2cc(Cl)ccc2-c2nnn(C)n2)nc1. The highest BCUT2D eigenvalue weighted by Gasteiger charge is 2.46. The number of carbonyl (C=O) groups excluding carboxylic acids is 1. The van der Waals surface area contributed by atoms with Gasteiger partial charge in [0.2, 0.25) is 11.7 Å². The molecule has 1 unspecified atom stereocenters. The van der Waals surface area contributed by atoms with Gasteiger partial charge in [-0.2, -0.15) is 4.80 Å². The molecule has 1 amide bonds. The summed E-state index contributed by atoms with van der Waals surface area (Å²) < 4.78 is 34.9. The van der Waals surface area contributed by atoms with Crippen LogP contribution in [-0.4, -0.2) is 61.1 Å². The van der Waals surface area contributed by atoms with E-state index in [0.29, 0.717) is 16.5 Å². The zero-order valence-electron chi connectivity index (χ0n) is 18.4. The number of benzene rings is 1. The van der Waals surface area contributed by atoms with E-state index in [0.717, 1.165) is 10.5 Å². The molecule has 1 saturated heterocycles. The van der Waals surface area contributed by atoms with Crippen LogP contribution in [0.3, 0.4) is 0 Å². The maximum atomic E-state index is 14.6. The second-order valence-electron chi connectivity index (χ2n) is 8.31. The molecule has 1 aliphatic heterocycles. The number of carbonyl (C=O) groups is 1. The Hall–Kier alpha value is -3.14.